The average molecular weight is 183 g/mol. The van der Waals surface area contributed by atoms with E-state index in [1.54, 1.807) is 12.5 Å². The fourth-order valence-corrected chi connectivity index (χ4v) is 1.01. The summed E-state index contributed by atoms with van der Waals surface area (Å²) < 4.78 is 0. The van der Waals surface area contributed by atoms with Gasteiger partial charge in [0.1, 0.15) is 0 Å². The monoisotopic (exact) mass is 183 g/mol. The topological polar surface area (TPSA) is 85.4 Å². The van der Waals surface area contributed by atoms with Crippen LogP contribution in [0.25, 0.3) is 0 Å². The van der Waals surface area contributed by atoms with Crippen molar-refractivity contribution in [1.29, 1.82) is 0 Å². The number of imidazole rings is 1. The lowest BCUT2D eigenvalue weighted by Crippen LogP contribution is -2.51. The average Bonchev–Trinajstić information content (AvgIpc) is 2.57. The number of H-pyrrole nitrogens is 1. The highest BCUT2D eigenvalue weighted by atomic mass is 16.1. The zero-order valence-electron chi connectivity index (χ0n) is 7.55. The highest BCUT2D eigenvalue weighted by Crippen LogP contribution is 1.90. The number of rotatable bonds is 5. The molecule has 0 aromatic carbocycles. The Hall–Kier alpha value is -1.36. The number of nitrogens with one attached hydrogen (secondary N) is 2. The van der Waals surface area contributed by atoms with E-state index in [1.807, 2.05) is 0 Å². The van der Waals surface area contributed by atoms with Crippen molar-refractivity contribution in [3.05, 3.63) is 18.2 Å². The minimum Gasteiger partial charge on any atom is -0.357 e. The van der Waals surface area contributed by atoms with Gasteiger partial charge in [-0.2, -0.15) is 0 Å². The van der Waals surface area contributed by atoms with Crippen LogP contribution in [-0.2, 0) is 11.2 Å². The summed E-state index contributed by atoms with van der Waals surface area (Å²) in [4.78, 5) is 17.8. The highest BCUT2D eigenvalue weighted by molar-refractivity contribution is 5.75. The second-order valence-corrected chi connectivity index (χ2v) is 2.78. The van der Waals surface area contributed by atoms with Crippen LogP contribution in [0.4, 0.5) is 0 Å². The summed E-state index contributed by atoms with van der Waals surface area (Å²) in [6, 6.07) is 0. The maximum atomic E-state index is 11.0. The molecule has 0 aliphatic rings. The Morgan fingerprint density at radius 3 is 3.15 bits per heavy atom. The van der Waals surface area contributed by atoms with Crippen LogP contribution in [-0.4, -0.2) is 29.0 Å². The Balaban J connectivity index is 2.11. The lowest BCUT2D eigenvalue weighted by Gasteiger charge is -2.01. The van der Waals surface area contributed by atoms with Gasteiger partial charge in [-0.1, -0.05) is 0 Å². The van der Waals surface area contributed by atoms with E-state index in [1.165, 1.54) is 0 Å². The first kappa shape index (κ1) is 9.73. The summed E-state index contributed by atoms with van der Waals surface area (Å²) in [5, 5.41) is 2.80. The molecule has 0 bridgehead atoms. The van der Waals surface area contributed by atoms with E-state index in [-0.39, 0.29) is 5.91 Å². The van der Waals surface area contributed by atoms with Gasteiger partial charge >= 0.3 is 0 Å². The largest absolute Gasteiger partial charge is 0.357 e. The summed E-state index contributed by atoms with van der Waals surface area (Å²) >= 11 is 0. The third kappa shape index (κ3) is 3.71. The molecular formula is C8H15N4O+. The summed E-state index contributed by atoms with van der Waals surface area (Å²) in [7, 11) is 0. The van der Waals surface area contributed by atoms with Gasteiger partial charge in [0.25, 0.3) is 0 Å². The number of carbonyl (C=O) groups excluding carboxylic acids is 1. The molecule has 5 nitrogen and oxygen atoms in total. The van der Waals surface area contributed by atoms with Crippen molar-refractivity contribution in [1.82, 2.24) is 15.3 Å². The smallest absolute Gasteiger partial charge is 0.225 e. The number of carbonyl (C=O) groups is 1. The maximum absolute atomic E-state index is 11.0. The molecule has 0 saturated carbocycles. The van der Waals surface area contributed by atoms with Gasteiger partial charge in [-0.05, 0) is 0 Å². The minimum atomic E-state index is 0.0644. The van der Waals surface area contributed by atoms with Crippen LogP contribution in [0, 0.1) is 0 Å². The molecule has 0 atom stereocenters. The lowest BCUT2D eigenvalue weighted by molar-refractivity contribution is -0.366. The molecule has 0 spiro atoms. The second kappa shape index (κ2) is 5.31. The molecule has 1 aromatic heterocycles. The van der Waals surface area contributed by atoms with Gasteiger partial charge in [-0.3, -0.25) is 4.79 Å². The first-order valence-electron chi connectivity index (χ1n) is 4.36. The van der Waals surface area contributed by atoms with Gasteiger partial charge in [0.05, 0.1) is 19.3 Å². The molecule has 1 amide bonds. The zero-order valence-corrected chi connectivity index (χ0v) is 7.55. The predicted octanol–water partition coefficient (Wildman–Crippen LogP) is -1.30. The van der Waals surface area contributed by atoms with Crippen LogP contribution in [0.1, 0.15) is 12.1 Å². The van der Waals surface area contributed by atoms with E-state index in [0.717, 1.165) is 12.1 Å². The van der Waals surface area contributed by atoms with Crippen molar-refractivity contribution < 1.29 is 10.5 Å². The van der Waals surface area contributed by atoms with Crippen LogP contribution in [0.15, 0.2) is 12.5 Å². The Kier molecular flexibility index (Phi) is 3.98. The van der Waals surface area contributed by atoms with Crippen LogP contribution < -0.4 is 11.1 Å². The lowest BCUT2D eigenvalue weighted by atomic mass is 10.3. The molecule has 0 saturated heterocycles. The van der Waals surface area contributed by atoms with Crippen molar-refractivity contribution in [2.75, 3.05) is 13.1 Å². The van der Waals surface area contributed by atoms with Crippen LogP contribution in [0.5, 0.6) is 0 Å². The molecule has 0 aliphatic heterocycles. The van der Waals surface area contributed by atoms with Crippen molar-refractivity contribution in [3.8, 4) is 0 Å². The molecular weight excluding hydrogens is 168 g/mol. The third-order valence-corrected chi connectivity index (χ3v) is 1.68. The molecule has 13 heavy (non-hydrogen) atoms. The normalized spacial score (nSPS) is 9.92. The summed E-state index contributed by atoms with van der Waals surface area (Å²) in [5.74, 6) is 0.0644. The number of hydrogen-bond donors (Lipinski definition) is 3. The SMILES string of the molecule is [NH3+]CCC(=O)NCCc1cnc[nH]1. The molecule has 1 heterocycles. The number of quaternary nitrogens is 1. The number of aromatic amines is 1. The van der Waals surface area contributed by atoms with Crippen molar-refractivity contribution in [2.45, 2.75) is 12.8 Å². The number of amides is 1. The summed E-state index contributed by atoms with van der Waals surface area (Å²) in [5.41, 5.74) is 4.64. The standard InChI is InChI=1S/C8H14N4O/c9-3-1-8(13)11-4-2-7-5-10-6-12-7/h5-6H,1-4,9H2,(H,10,12)(H,11,13)/p+1. The predicted molar refractivity (Wildman–Crippen MR) is 47.7 cm³/mol. The second-order valence-electron chi connectivity index (χ2n) is 2.78. The van der Waals surface area contributed by atoms with Gasteiger partial charge in [-0.15, -0.1) is 0 Å². The first-order valence-corrected chi connectivity index (χ1v) is 4.36. The minimum absolute atomic E-state index is 0.0644. The molecule has 1 aromatic rings. The molecule has 1 rings (SSSR count). The van der Waals surface area contributed by atoms with Crippen molar-refractivity contribution in [2.24, 2.45) is 0 Å². The summed E-state index contributed by atoms with van der Waals surface area (Å²) in [6.07, 6.45) is 4.69. The number of aromatic nitrogens is 2. The van der Waals surface area contributed by atoms with Gasteiger partial charge in [0, 0.05) is 24.9 Å². The van der Waals surface area contributed by atoms with Crippen LogP contribution in [0.3, 0.4) is 0 Å². The number of hydrogen-bond acceptors (Lipinski definition) is 2. The molecule has 0 radical (unpaired) electrons. The van der Waals surface area contributed by atoms with Crippen molar-refractivity contribution >= 4 is 5.91 Å². The molecule has 5 N–H and O–H groups in total. The van der Waals surface area contributed by atoms with Crippen LogP contribution >= 0.6 is 0 Å². The molecule has 72 valence electrons. The summed E-state index contributed by atoms with van der Waals surface area (Å²) in [6.45, 7) is 1.30. The quantitative estimate of drug-likeness (QED) is 0.530. The fraction of sp³-hybridized carbons (Fsp3) is 0.500. The molecule has 0 aliphatic carbocycles. The van der Waals surface area contributed by atoms with Gasteiger partial charge < -0.3 is 16.0 Å². The maximum Gasteiger partial charge on any atom is 0.225 e. The van der Waals surface area contributed by atoms with Gasteiger partial charge in [0.15, 0.2) is 0 Å². The Bertz CT molecular complexity index is 245. The fourth-order valence-electron chi connectivity index (χ4n) is 1.01. The molecule has 0 fully saturated rings. The van der Waals surface area contributed by atoms with E-state index in [2.05, 4.69) is 21.0 Å². The van der Waals surface area contributed by atoms with Crippen LogP contribution in [0.2, 0.25) is 0 Å². The first-order chi connectivity index (χ1) is 6.33. The van der Waals surface area contributed by atoms with E-state index < -0.39 is 0 Å². The van der Waals surface area contributed by atoms with Gasteiger partial charge in [0.2, 0.25) is 5.91 Å². The van der Waals surface area contributed by atoms with E-state index in [4.69, 9.17) is 0 Å². The Labute approximate surface area is 76.7 Å². The van der Waals surface area contributed by atoms with Crippen molar-refractivity contribution in [3.63, 3.8) is 0 Å². The van der Waals surface area contributed by atoms with E-state index in [9.17, 15) is 4.79 Å². The van der Waals surface area contributed by atoms with E-state index in [0.29, 0.717) is 19.5 Å². The van der Waals surface area contributed by atoms with Gasteiger partial charge in [-0.25, -0.2) is 4.98 Å². The Morgan fingerprint density at radius 1 is 1.69 bits per heavy atom. The molecule has 0 unspecified atom stereocenters. The Morgan fingerprint density at radius 2 is 2.54 bits per heavy atom. The number of nitrogens with zero attached hydrogens (tertiary/aromatic N) is 1. The highest BCUT2D eigenvalue weighted by Gasteiger charge is 1.99. The van der Waals surface area contributed by atoms with E-state index >= 15 is 0 Å². The third-order valence-electron chi connectivity index (χ3n) is 1.68. The zero-order chi connectivity index (χ0) is 9.52. The molecule has 5 heteroatoms.